The Morgan fingerprint density at radius 2 is 1.52 bits per heavy atom. The fourth-order valence-electron chi connectivity index (χ4n) is 5.60. The molecule has 0 aliphatic carbocycles. The molecule has 7 rings (SSSR count). The van der Waals surface area contributed by atoms with Gasteiger partial charge in [-0.1, -0.05) is 114 Å². The molecule has 6 aromatic rings. The summed E-state index contributed by atoms with van der Waals surface area (Å²) in [5.74, 6) is -0.470. The highest BCUT2D eigenvalue weighted by Gasteiger charge is 2.33. The van der Waals surface area contributed by atoms with Gasteiger partial charge >= 0.3 is 5.97 Å². The number of esters is 1. The molecule has 0 radical (unpaired) electrons. The summed E-state index contributed by atoms with van der Waals surface area (Å²) in [5, 5.41) is 8.73. The lowest BCUT2D eigenvalue weighted by molar-refractivity contribution is -0.139. The van der Waals surface area contributed by atoms with Gasteiger partial charge in [-0.25, -0.2) is 14.5 Å². The van der Waals surface area contributed by atoms with Crippen molar-refractivity contribution in [3.63, 3.8) is 0 Å². The standard InChI is InChI=1S/C37H29N5O3S/c1-3-45-36(44)33-24(2)38-37-42(34(33)29-12-8-5-9-13-29)35(43)32(46-37)22-25-14-20-30(21-15-25)41-23-31(39-40-41)28-18-16-27(17-19-28)26-10-6-4-7-11-26/h4-23,34H,3H2,1-2H3/b32-22-. The highest BCUT2D eigenvalue weighted by Crippen LogP contribution is 2.30. The predicted molar refractivity (Wildman–Crippen MR) is 179 cm³/mol. The van der Waals surface area contributed by atoms with E-state index in [1.165, 1.54) is 16.9 Å². The number of allylic oxidation sites excluding steroid dienone is 1. The number of carbonyl (C=O) groups is 1. The van der Waals surface area contributed by atoms with Crippen molar-refractivity contribution >= 4 is 23.4 Å². The van der Waals surface area contributed by atoms with E-state index in [2.05, 4.69) is 51.7 Å². The van der Waals surface area contributed by atoms with Gasteiger partial charge in [-0.2, -0.15) is 0 Å². The molecule has 8 nitrogen and oxygen atoms in total. The van der Waals surface area contributed by atoms with Crippen LogP contribution in [0.3, 0.4) is 0 Å². The fraction of sp³-hybridized carbons (Fsp3) is 0.108. The first kappa shape index (κ1) is 29.1. The van der Waals surface area contributed by atoms with E-state index in [-0.39, 0.29) is 12.2 Å². The smallest absolute Gasteiger partial charge is 0.338 e. The molecule has 1 atom stereocenters. The van der Waals surface area contributed by atoms with Crippen LogP contribution in [0.1, 0.15) is 31.0 Å². The summed E-state index contributed by atoms with van der Waals surface area (Å²) in [6.07, 6.45) is 3.75. The van der Waals surface area contributed by atoms with Gasteiger partial charge in [0.2, 0.25) is 0 Å². The third-order valence-corrected chi connectivity index (χ3v) is 8.85. The number of ether oxygens (including phenoxy) is 1. The number of rotatable bonds is 7. The van der Waals surface area contributed by atoms with Crippen molar-refractivity contribution in [2.24, 2.45) is 4.99 Å². The Labute approximate surface area is 268 Å². The maximum atomic E-state index is 13.8. The molecule has 0 saturated carbocycles. The molecule has 2 aromatic heterocycles. The summed E-state index contributed by atoms with van der Waals surface area (Å²) in [6.45, 7) is 3.78. The molecule has 0 bridgehead atoms. The number of hydrogen-bond acceptors (Lipinski definition) is 7. The van der Waals surface area contributed by atoms with Gasteiger partial charge in [-0.3, -0.25) is 9.36 Å². The summed E-state index contributed by atoms with van der Waals surface area (Å²) in [7, 11) is 0. The third-order valence-electron chi connectivity index (χ3n) is 7.87. The first-order valence-electron chi connectivity index (χ1n) is 14.9. The van der Waals surface area contributed by atoms with Crippen molar-refractivity contribution in [1.82, 2.24) is 19.6 Å². The van der Waals surface area contributed by atoms with Crippen molar-refractivity contribution in [2.75, 3.05) is 6.61 Å². The Bertz CT molecular complexity index is 2250. The Balaban J connectivity index is 1.17. The van der Waals surface area contributed by atoms with Crippen molar-refractivity contribution in [3.05, 3.63) is 157 Å². The SMILES string of the molecule is CCOC(=O)C1=C(C)N=c2s/c(=C\c3ccc(-n4cc(-c5ccc(-c6ccccc6)cc5)nn4)cc3)c(=O)n2C1c1ccccc1. The zero-order valence-electron chi connectivity index (χ0n) is 25.2. The Morgan fingerprint density at radius 1 is 0.870 bits per heavy atom. The molecule has 0 spiro atoms. The number of fused-ring (bicyclic) bond motifs is 1. The molecule has 9 heteroatoms. The summed E-state index contributed by atoms with van der Waals surface area (Å²) < 4.78 is 9.22. The van der Waals surface area contributed by atoms with E-state index < -0.39 is 12.0 Å². The summed E-state index contributed by atoms with van der Waals surface area (Å²) in [6, 6.07) is 35.2. The van der Waals surface area contributed by atoms with Crippen LogP contribution >= 0.6 is 11.3 Å². The zero-order chi connectivity index (χ0) is 31.6. The predicted octanol–water partition coefficient (Wildman–Crippen LogP) is 5.71. The van der Waals surface area contributed by atoms with Crippen LogP contribution in [-0.4, -0.2) is 32.1 Å². The quantitative estimate of drug-likeness (QED) is 0.213. The van der Waals surface area contributed by atoms with Gasteiger partial charge in [0.1, 0.15) is 5.69 Å². The Hall–Kier alpha value is -5.67. The molecule has 46 heavy (non-hydrogen) atoms. The molecule has 4 aromatic carbocycles. The fourth-order valence-corrected chi connectivity index (χ4v) is 6.65. The topological polar surface area (TPSA) is 91.4 Å². The lowest BCUT2D eigenvalue weighted by Crippen LogP contribution is -2.39. The van der Waals surface area contributed by atoms with Crippen molar-refractivity contribution in [2.45, 2.75) is 19.9 Å². The van der Waals surface area contributed by atoms with E-state index in [1.54, 1.807) is 23.1 Å². The van der Waals surface area contributed by atoms with Crippen LogP contribution in [0.5, 0.6) is 0 Å². The molecule has 0 fully saturated rings. The van der Waals surface area contributed by atoms with Crippen LogP contribution in [0.2, 0.25) is 0 Å². The van der Waals surface area contributed by atoms with Crippen molar-refractivity contribution in [3.8, 4) is 28.1 Å². The second-order valence-corrected chi connectivity index (χ2v) is 11.8. The molecular formula is C37H29N5O3S. The van der Waals surface area contributed by atoms with E-state index in [4.69, 9.17) is 4.74 Å². The molecule has 1 aliphatic heterocycles. The van der Waals surface area contributed by atoms with Crippen LogP contribution in [0.15, 0.2) is 136 Å². The van der Waals surface area contributed by atoms with Crippen LogP contribution in [0, 0.1) is 0 Å². The number of aromatic nitrogens is 4. The van der Waals surface area contributed by atoms with Crippen LogP contribution < -0.4 is 14.9 Å². The lowest BCUT2D eigenvalue weighted by atomic mass is 9.96. The zero-order valence-corrected chi connectivity index (χ0v) is 26.0. The number of benzene rings is 4. The van der Waals surface area contributed by atoms with E-state index in [9.17, 15) is 9.59 Å². The second kappa shape index (κ2) is 12.4. The molecule has 0 saturated heterocycles. The summed E-state index contributed by atoms with van der Waals surface area (Å²) in [4.78, 5) is 32.1. The van der Waals surface area contributed by atoms with Gasteiger partial charge in [0.05, 0.1) is 40.3 Å². The van der Waals surface area contributed by atoms with Crippen LogP contribution in [0.4, 0.5) is 0 Å². The maximum absolute atomic E-state index is 13.8. The molecular weight excluding hydrogens is 595 g/mol. The van der Waals surface area contributed by atoms with Gasteiger partial charge in [0.15, 0.2) is 4.80 Å². The number of nitrogens with zero attached hydrogens (tertiary/aromatic N) is 5. The second-order valence-electron chi connectivity index (χ2n) is 10.8. The van der Waals surface area contributed by atoms with Crippen LogP contribution in [-0.2, 0) is 9.53 Å². The van der Waals surface area contributed by atoms with Gasteiger partial charge < -0.3 is 4.74 Å². The lowest BCUT2D eigenvalue weighted by Gasteiger charge is -2.24. The molecule has 3 heterocycles. The molecule has 1 aliphatic rings. The van der Waals surface area contributed by atoms with E-state index in [0.717, 1.165) is 33.6 Å². The molecule has 226 valence electrons. The maximum Gasteiger partial charge on any atom is 0.338 e. The third kappa shape index (κ3) is 5.52. The minimum atomic E-state index is -0.628. The average Bonchev–Trinajstić information content (AvgIpc) is 3.70. The van der Waals surface area contributed by atoms with Gasteiger partial charge in [0.25, 0.3) is 5.56 Å². The summed E-state index contributed by atoms with van der Waals surface area (Å²) >= 11 is 1.30. The molecule has 1 unspecified atom stereocenters. The van der Waals surface area contributed by atoms with Gasteiger partial charge in [-0.15, -0.1) is 5.10 Å². The van der Waals surface area contributed by atoms with Crippen molar-refractivity contribution < 1.29 is 9.53 Å². The van der Waals surface area contributed by atoms with Gasteiger partial charge in [0, 0.05) is 5.56 Å². The number of thiazole rings is 1. The van der Waals surface area contributed by atoms with Crippen LogP contribution in [0.25, 0.3) is 34.1 Å². The minimum Gasteiger partial charge on any atom is -0.463 e. The molecule has 0 N–H and O–H groups in total. The summed E-state index contributed by atoms with van der Waals surface area (Å²) in [5.41, 5.74) is 7.28. The Morgan fingerprint density at radius 3 is 2.22 bits per heavy atom. The Kier molecular flexibility index (Phi) is 7.82. The highest BCUT2D eigenvalue weighted by atomic mass is 32.1. The first-order valence-corrected chi connectivity index (χ1v) is 15.7. The number of hydrogen-bond donors (Lipinski definition) is 0. The van der Waals surface area contributed by atoms with E-state index in [0.29, 0.717) is 20.6 Å². The highest BCUT2D eigenvalue weighted by molar-refractivity contribution is 7.07. The van der Waals surface area contributed by atoms with E-state index in [1.807, 2.05) is 85.1 Å². The minimum absolute atomic E-state index is 0.213. The molecule has 0 amide bonds. The first-order chi connectivity index (χ1) is 22.5. The van der Waals surface area contributed by atoms with Gasteiger partial charge in [-0.05, 0) is 54.3 Å². The largest absolute Gasteiger partial charge is 0.463 e. The monoisotopic (exact) mass is 623 g/mol. The number of carbonyl (C=O) groups excluding carboxylic acids is 1. The normalized spacial score (nSPS) is 14.6. The average molecular weight is 624 g/mol. The van der Waals surface area contributed by atoms with Crippen molar-refractivity contribution in [1.29, 1.82) is 0 Å². The van der Waals surface area contributed by atoms with E-state index >= 15 is 0 Å².